The lowest BCUT2D eigenvalue weighted by molar-refractivity contribution is 0.133. The van der Waals surface area contributed by atoms with Crippen molar-refractivity contribution in [2.75, 3.05) is 26.3 Å². The minimum atomic E-state index is -3.39. The van der Waals surface area contributed by atoms with Crippen LogP contribution in [0, 0.1) is 0 Å². The van der Waals surface area contributed by atoms with E-state index in [0.717, 1.165) is 37.4 Å². The maximum Gasteiger partial charge on any atom is 0.241 e. The Labute approximate surface area is 132 Å². The van der Waals surface area contributed by atoms with Crippen LogP contribution in [0.15, 0.2) is 16.3 Å². The molecule has 122 valence electrons. The molecule has 5 nitrogen and oxygen atoms in total. The quantitative estimate of drug-likeness (QED) is 0.576. The van der Waals surface area contributed by atoms with Crippen LogP contribution in [0.4, 0.5) is 0 Å². The number of rotatable bonds is 12. The Balaban J connectivity index is 2.36. The molecule has 1 aromatic heterocycles. The van der Waals surface area contributed by atoms with Gasteiger partial charge in [-0.2, -0.15) is 0 Å². The molecule has 0 aliphatic carbocycles. The van der Waals surface area contributed by atoms with Gasteiger partial charge >= 0.3 is 0 Å². The Kier molecular flexibility index (Phi) is 9.10. The number of ether oxygens (including phenoxy) is 1. The SMILES string of the molecule is CCCNCc1cc(S(=O)(=O)NCCCOCCC)cs1. The van der Waals surface area contributed by atoms with Gasteiger partial charge in [0, 0.05) is 36.6 Å². The van der Waals surface area contributed by atoms with E-state index in [0.29, 0.717) is 24.5 Å². The van der Waals surface area contributed by atoms with Gasteiger partial charge in [-0.25, -0.2) is 13.1 Å². The maximum absolute atomic E-state index is 12.1. The molecule has 0 atom stereocenters. The Morgan fingerprint density at radius 3 is 2.71 bits per heavy atom. The summed E-state index contributed by atoms with van der Waals surface area (Å²) in [4.78, 5) is 1.39. The highest BCUT2D eigenvalue weighted by Crippen LogP contribution is 2.19. The van der Waals surface area contributed by atoms with Gasteiger partial charge in [0.15, 0.2) is 0 Å². The van der Waals surface area contributed by atoms with Gasteiger partial charge in [0.1, 0.15) is 0 Å². The molecule has 1 aromatic rings. The number of hydrogen-bond donors (Lipinski definition) is 2. The van der Waals surface area contributed by atoms with Gasteiger partial charge in [0.05, 0.1) is 4.90 Å². The highest BCUT2D eigenvalue weighted by atomic mass is 32.2. The highest BCUT2D eigenvalue weighted by molar-refractivity contribution is 7.89. The third kappa shape index (κ3) is 7.37. The van der Waals surface area contributed by atoms with Crippen molar-refractivity contribution < 1.29 is 13.2 Å². The molecule has 0 fully saturated rings. The van der Waals surface area contributed by atoms with Gasteiger partial charge in [-0.3, -0.25) is 0 Å². The highest BCUT2D eigenvalue weighted by Gasteiger charge is 2.15. The monoisotopic (exact) mass is 334 g/mol. The zero-order valence-electron chi connectivity index (χ0n) is 12.9. The van der Waals surface area contributed by atoms with Crippen LogP contribution in [0.2, 0.25) is 0 Å². The fourth-order valence-electron chi connectivity index (χ4n) is 1.69. The summed E-state index contributed by atoms with van der Waals surface area (Å²) in [5, 5.41) is 4.96. The lowest BCUT2D eigenvalue weighted by atomic mass is 10.4. The van der Waals surface area contributed by atoms with Crippen LogP contribution in [-0.2, 0) is 21.3 Å². The second-order valence-corrected chi connectivity index (χ2v) is 7.55. The van der Waals surface area contributed by atoms with Crippen LogP contribution in [-0.4, -0.2) is 34.7 Å². The fraction of sp³-hybridized carbons (Fsp3) is 0.714. The predicted octanol–water partition coefficient (Wildman–Crippen LogP) is 2.34. The molecule has 2 N–H and O–H groups in total. The molecule has 0 aromatic carbocycles. The van der Waals surface area contributed by atoms with E-state index < -0.39 is 10.0 Å². The van der Waals surface area contributed by atoms with Crippen molar-refractivity contribution in [1.29, 1.82) is 0 Å². The van der Waals surface area contributed by atoms with Gasteiger partial charge in [-0.1, -0.05) is 13.8 Å². The van der Waals surface area contributed by atoms with Crippen LogP contribution in [0.1, 0.15) is 38.0 Å². The van der Waals surface area contributed by atoms with Crippen molar-refractivity contribution in [2.45, 2.75) is 44.6 Å². The first kappa shape index (κ1) is 18.6. The van der Waals surface area contributed by atoms with E-state index in [4.69, 9.17) is 4.74 Å². The second-order valence-electron chi connectivity index (χ2n) is 4.79. The van der Waals surface area contributed by atoms with Crippen LogP contribution in [0.25, 0.3) is 0 Å². The largest absolute Gasteiger partial charge is 0.381 e. The van der Waals surface area contributed by atoms with Crippen molar-refractivity contribution in [1.82, 2.24) is 10.0 Å². The summed E-state index contributed by atoms with van der Waals surface area (Å²) in [5.41, 5.74) is 0. The van der Waals surface area contributed by atoms with Gasteiger partial charge in [0.25, 0.3) is 0 Å². The molecule has 21 heavy (non-hydrogen) atoms. The lowest BCUT2D eigenvalue weighted by Gasteiger charge is -2.05. The molecular formula is C14H26N2O3S2. The molecular weight excluding hydrogens is 308 g/mol. The van der Waals surface area contributed by atoms with Crippen molar-refractivity contribution in [3.63, 3.8) is 0 Å². The normalized spacial score (nSPS) is 11.9. The van der Waals surface area contributed by atoms with Crippen molar-refractivity contribution in [2.24, 2.45) is 0 Å². The third-order valence-corrected chi connectivity index (χ3v) is 5.30. The van der Waals surface area contributed by atoms with E-state index >= 15 is 0 Å². The molecule has 0 aliphatic heterocycles. The number of thiophene rings is 1. The van der Waals surface area contributed by atoms with E-state index in [9.17, 15) is 8.42 Å². The summed E-state index contributed by atoms with van der Waals surface area (Å²) >= 11 is 1.47. The molecule has 0 saturated carbocycles. The fourth-order valence-corrected chi connectivity index (χ4v) is 4.01. The molecule has 0 aliphatic rings. The number of nitrogens with one attached hydrogen (secondary N) is 2. The van der Waals surface area contributed by atoms with Gasteiger partial charge in [-0.05, 0) is 31.9 Å². The molecule has 1 heterocycles. The van der Waals surface area contributed by atoms with E-state index in [2.05, 4.69) is 17.0 Å². The summed E-state index contributed by atoms with van der Waals surface area (Å²) in [7, 11) is -3.39. The summed E-state index contributed by atoms with van der Waals surface area (Å²) < 4.78 is 32.1. The standard InChI is InChI=1S/C14H26N2O3S2/c1-3-6-15-11-13-10-14(12-20-13)21(17,18)16-7-5-9-19-8-4-2/h10,12,15-16H,3-9,11H2,1-2H3. The van der Waals surface area contributed by atoms with Crippen LogP contribution >= 0.6 is 11.3 Å². The van der Waals surface area contributed by atoms with Gasteiger partial charge in [0.2, 0.25) is 10.0 Å². The van der Waals surface area contributed by atoms with E-state index in [-0.39, 0.29) is 0 Å². The van der Waals surface area contributed by atoms with Crippen molar-refractivity contribution in [3.8, 4) is 0 Å². The molecule has 0 unspecified atom stereocenters. The minimum Gasteiger partial charge on any atom is -0.381 e. The molecule has 7 heteroatoms. The van der Waals surface area contributed by atoms with Crippen LogP contribution in [0.5, 0.6) is 0 Å². The minimum absolute atomic E-state index is 0.357. The lowest BCUT2D eigenvalue weighted by Crippen LogP contribution is -2.25. The Hall–Kier alpha value is -0.470. The average molecular weight is 335 g/mol. The Bertz CT molecular complexity index is 486. The first-order valence-electron chi connectivity index (χ1n) is 7.45. The van der Waals surface area contributed by atoms with Crippen LogP contribution < -0.4 is 10.0 Å². The smallest absolute Gasteiger partial charge is 0.241 e. The summed E-state index contributed by atoms with van der Waals surface area (Å²) in [6.07, 6.45) is 2.74. The summed E-state index contributed by atoms with van der Waals surface area (Å²) in [6, 6.07) is 1.74. The van der Waals surface area contributed by atoms with Gasteiger partial charge in [-0.15, -0.1) is 11.3 Å². The molecule has 0 radical (unpaired) electrons. The number of sulfonamides is 1. The number of hydrogen-bond acceptors (Lipinski definition) is 5. The average Bonchev–Trinajstić information content (AvgIpc) is 2.93. The molecule has 0 saturated heterocycles. The summed E-state index contributed by atoms with van der Waals surface area (Å²) in [6.45, 7) is 7.54. The summed E-state index contributed by atoms with van der Waals surface area (Å²) in [5.74, 6) is 0. The van der Waals surface area contributed by atoms with E-state index in [1.54, 1.807) is 11.4 Å². The zero-order chi connectivity index (χ0) is 15.6. The topological polar surface area (TPSA) is 67.4 Å². The molecule has 0 amide bonds. The van der Waals surface area contributed by atoms with Crippen molar-refractivity contribution >= 4 is 21.4 Å². The second kappa shape index (κ2) is 10.3. The Morgan fingerprint density at radius 1 is 1.19 bits per heavy atom. The van der Waals surface area contributed by atoms with Crippen LogP contribution in [0.3, 0.4) is 0 Å². The maximum atomic E-state index is 12.1. The third-order valence-electron chi connectivity index (χ3n) is 2.77. The van der Waals surface area contributed by atoms with E-state index in [1.807, 2.05) is 6.92 Å². The predicted molar refractivity (Wildman–Crippen MR) is 87.2 cm³/mol. The molecule has 0 bridgehead atoms. The van der Waals surface area contributed by atoms with E-state index in [1.165, 1.54) is 11.3 Å². The van der Waals surface area contributed by atoms with Crippen molar-refractivity contribution in [3.05, 3.63) is 16.3 Å². The molecule has 1 rings (SSSR count). The Morgan fingerprint density at radius 2 is 2.00 bits per heavy atom. The van der Waals surface area contributed by atoms with Gasteiger partial charge < -0.3 is 10.1 Å². The first-order chi connectivity index (χ1) is 10.1. The molecule has 0 spiro atoms. The first-order valence-corrected chi connectivity index (χ1v) is 9.82. The zero-order valence-corrected chi connectivity index (χ0v) is 14.5.